The largest absolute Gasteiger partial charge is 0.305 e. The van der Waals surface area contributed by atoms with Gasteiger partial charge in [-0.05, 0) is 57.3 Å². The molecule has 2 unspecified atom stereocenters. The lowest BCUT2D eigenvalue weighted by Gasteiger charge is -2.30. The first-order valence-corrected chi connectivity index (χ1v) is 8.47. The van der Waals surface area contributed by atoms with Gasteiger partial charge in [-0.1, -0.05) is 31.2 Å². The third-order valence-electron chi connectivity index (χ3n) is 3.99. The molecule has 3 rings (SSSR count). The molecule has 1 heterocycles. The van der Waals surface area contributed by atoms with Gasteiger partial charge in [0.2, 0.25) is 0 Å². The minimum Gasteiger partial charge on any atom is -0.305 e. The Balaban J connectivity index is 1.76. The predicted molar refractivity (Wildman–Crippen MR) is 85.7 cm³/mol. The van der Waals surface area contributed by atoms with Crippen LogP contribution in [0.4, 0.5) is 0 Å². The Morgan fingerprint density at radius 1 is 1.21 bits per heavy atom. The zero-order valence-corrected chi connectivity index (χ0v) is 13.4. The van der Waals surface area contributed by atoms with Crippen molar-refractivity contribution in [1.82, 2.24) is 5.32 Å². The number of hydrogen-bond donors (Lipinski definition) is 1. The first kappa shape index (κ1) is 13.3. The molecule has 3 heteroatoms. The molecule has 0 fully saturated rings. The van der Waals surface area contributed by atoms with Crippen molar-refractivity contribution in [2.45, 2.75) is 38.3 Å². The average molecular weight is 336 g/mol. The Labute approximate surface area is 127 Å². The minimum atomic E-state index is 0.501. The first-order chi connectivity index (χ1) is 9.25. The normalized spacial score (nSPS) is 22.2. The lowest BCUT2D eigenvalue weighted by Crippen LogP contribution is -2.25. The van der Waals surface area contributed by atoms with E-state index < -0.39 is 0 Å². The SMILES string of the molecule is CC1CCC(NCc2sccc2Br)c2ccccc21. The third kappa shape index (κ3) is 2.78. The van der Waals surface area contributed by atoms with Gasteiger partial charge in [0.15, 0.2) is 0 Å². The topological polar surface area (TPSA) is 12.0 Å². The summed E-state index contributed by atoms with van der Waals surface area (Å²) in [5, 5.41) is 5.86. The van der Waals surface area contributed by atoms with Crippen LogP contribution in [0.2, 0.25) is 0 Å². The fourth-order valence-corrected chi connectivity index (χ4v) is 4.33. The minimum absolute atomic E-state index is 0.501. The number of benzene rings is 1. The molecular weight excluding hydrogens is 318 g/mol. The zero-order chi connectivity index (χ0) is 13.2. The average Bonchev–Trinajstić information content (AvgIpc) is 2.84. The fourth-order valence-electron chi connectivity index (χ4n) is 2.88. The van der Waals surface area contributed by atoms with Crippen molar-refractivity contribution in [1.29, 1.82) is 0 Å². The molecular formula is C16H18BrNS. The predicted octanol–water partition coefficient (Wildman–Crippen LogP) is 5.24. The van der Waals surface area contributed by atoms with Crippen LogP contribution in [0, 0.1) is 0 Å². The van der Waals surface area contributed by atoms with Gasteiger partial charge in [0, 0.05) is 21.9 Å². The van der Waals surface area contributed by atoms with Gasteiger partial charge in [0.25, 0.3) is 0 Å². The van der Waals surface area contributed by atoms with Crippen LogP contribution in [-0.4, -0.2) is 0 Å². The molecule has 0 spiro atoms. The van der Waals surface area contributed by atoms with Crippen LogP contribution in [0.15, 0.2) is 40.2 Å². The van der Waals surface area contributed by atoms with E-state index in [0.717, 1.165) is 6.54 Å². The van der Waals surface area contributed by atoms with E-state index >= 15 is 0 Å². The molecule has 1 aliphatic carbocycles. The van der Waals surface area contributed by atoms with Crippen molar-refractivity contribution in [3.63, 3.8) is 0 Å². The lowest BCUT2D eigenvalue weighted by atomic mass is 9.81. The second-order valence-corrected chi connectivity index (χ2v) is 7.09. The van der Waals surface area contributed by atoms with Crippen LogP contribution in [0.25, 0.3) is 0 Å². The number of nitrogens with one attached hydrogen (secondary N) is 1. The van der Waals surface area contributed by atoms with Crippen LogP contribution in [0.5, 0.6) is 0 Å². The van der Waals surface area contributed by atoms with E-state index in [-0.39, 0.29) is 0 Å². The highest BCUT2D eigenvalue weighted by molar-refractivity contribution is 9.10. The van der Waals surface area contributed by atoms with Gasteiger partial charge in [-0.25, -0.2) is 0 Å². The standard InChI is InChI=1S/C16H18BrNS/c1-11-6-7-15(13-5-3-2-4-12(11)13)18-10-16-14(17)8-9-19-16/h2-5,8-9,11,15,18H,6-7,10H2,1H3. The van der Waals surface area contributed by atoms with Gasteiger partial charge in [-0.15, -0.1) is 11.3 Å². The molecule has 2 aromatic rings. The summed E-state index contributed by atoms with van der Waals surface area (Å²) < 4.78 is 1.22. The lowest BCUT2D eigenvalue weighted by molar-refractivity contribution is 0.432. The second kappa shape index (κ2) is 5.78. The summed E-state index contributed by atoms with van der Waals surface area (Å²) in [5.74, 6) is 0.697. The maximum Gasteiger partial charge on any atom is 0.0327 e. The molecule has 100 valence electrons. The van der Waals surface area contributed by atoms with Crippen molar-refractivity contribution >= 4 is 27.3 Å². The quantitative estimate of drug-likeness (QED) is 0.808. The van der Waals surface area contributed by atoms with Gasteiger partial charge in [-0.3, -0.25) is 0 Å². The monoisotopic (exact) mass is 335 g/mol. The van der Waals surface area contributed by atoms with Crippen molar-refractivity contribution in [2.24, 2.45) is 0 Å². The van der Waals surface area contributed by atoms with Gasteiger partial charge >= 0.3 is 0 Å². The highest BCUT2D eigenvalue weighted by Gasteiger charge is 2.23. The summed E-state index contributed by atoms with van der Waals surface area (Å²) in [6.07, 6.45) is 2.52. The van der Waals surface area contributed by atoms with E-state index in [1.54, 1.807) is 0 Å². The van der Waals surface area contributed by atoms with Crippen LogP contribution < -0.4 is 5.32 Å². The summed E-state index contributed by atoms with van der Waals surface area (Å²) in [6, 6.07) is 11.5. The molecule has 1 N–H and O–H groups in total. The molecule has 0 saturated heterocycles. The second-order valence-electron chi connectivity index (χ2n) is 5.23. The molecule has 1 aliphatic rings. The maximum absolute atomic E-state index is 3.72. The van der Waals surface area contributed by atoms with Gasteiger partial charge in [0.05, 0.1) is 0 Å². The summed E-state index contributed by atoms with van der Waals surface area (Å²) in [4.78, 5) is 1.39. The Morgan fingerprint density at radius 3 is 2.74 bits per heavy atom. The smallest absolute Gasteiger partial charge is 0.0327 e. The molecule has 2 atom stereocenters. The number of thiophene rings is 1. The van der Waals surface area contributed by atoms with Crippen LogP contribution in [0.3, 0.4) is 0 Å². The Morgan fingerprint density at radius 2 is 2.00 bits per heavy atom. The van der Waals surface area contributed by atoms with E-state index in [1.165, 1.54) is 33.3 Å². The zero-order valence-electron chi connectivity index (χ0n) is 11.0. The van der Waals surface area contributed by atoms with E-state index in [2.05, 4.69) is 63.9 Å². The van der Waals surface area contributed by atoms with E-state index in [9.17, 15) is 0 Å². The first-order valence-electron chi connectivity index (χ1n) is 6.80. The fraction of sp³-hybridized carbons (Fsp3) is 0.375. The van der Waals surface area contributed by atoms with E-state index in [0.29, 0.717) is 12.0 Å². The Hall–Kier alpha value is -0.640. The summed E-state index contributed by atoms with van der Waals surface area (Å²) >= 11 is 5.41. The number of halogens is 1. The van der Waals surface area contributed by atoms with E-state index in [1.807, 2.05) is 11.3 Å². The van der Waals surface area contributed by atoms with Crippen LogP contribution in [0.1, 0.15) is 47.7 Å². The Bertz CT molecular complexity index is 563. The molecule has 0 bridgehead atoms. The van der Waals surface area contributed by atoms with Crippen LogP contribution in [-0.2, 0) is 6.54 Å². The molecule has 1 aromatic carbocycles. The molecule has 1 aromatic heterocycles. The number of hydrogen-bond acceptors (Lipinski definition) is 2. The highest BCUT2D eigenvalue weighted by atomic mass is 79.9. The van der Waals surface area contributed by atoms with Gasteiger partial charge < -0.3 is 5.32 Å². The number of rotatable bonds is 3. The molecule has 0 radical (unpaired) electrons. The molecule has 19 heavy (non-hydrogen) atoms. The molecule has 0 aliphatic heterocycles. The Kier molecular flexibility index (Phi) is 4.06. The van der Waals surface area contributed by atoms with E-state index in [4.69, 9.17) is 0 Å². The summed E-state index contributed by atoms with van der Waals surface area (Å²) in [7, 11) is 0. The maximum atomic E-state index is 3.72. The third-order valence-corrected chi connectivity index (χ3v) is 5.92. The van der Waals surface area contributed by atoms with Crippen molar-refractivity contribution in [3.05, 3.63) is 56.2 Å². The van der Waals surface area contributed by atoms with Crippen molar-refractivity contribution in [3.8, 4) is 0 Å². The number of fused-ring (bicyclic) bond motifs is 1. The van der Waals surface area contributed by atoms with Crippen molar-refractivity contribution < 1.29 is 0 Å². The molecule has 1 nitrogen and oxygen atoms in total. The van der Waals surface area contributed by atoms with Gasteiger partial charge in [-0.2, -0.15) is 0 Å². The summed E-state index contributed by atoms with van der Waals surface area (Å²) in [5.41, 5.74) is 3.02. The molecule has 0 saturated carbocycles. The van der Waals surface area contributed by atoms with Crippen LogP contribution >= 0.6 is 27.3 Å². The highest BCUT2D eigenvalue weighted by Crippen LogP contribution is 2.37. The summed E-state index contributed by atoms with van der Waals surface area (Å²) in [6.45, 7) is 3.29. The van der Waals surface area contributed by atoms with Crippen molar-refractivity contribution in [2.75, 3.05) is 0 Å². The molecule has 0 amide bonds. The van der Waals surface area contributed by atoms with Gasteiger partial charge in [0.1, 0.15) is 0 Å².